The Bertz CT molecular complexity index is 806. The molecule has 2 aromatic rings. The van der Waals surface area contributed by atoms with E-state index in [1.807, 2.05) is 4.90 Å². The van der Waals surface area contributed by atoms with E-state index in [-0.39, 0.29) is 5.91 Å². The van der Waals surface area contributed by atoms with E-state index in [0.717, 1.165) is 45.2 Å². The van der Waals surface area contributed by atoms with Crippen LogP contribution in [0.15, 0.2) is 30.6 Å². The SMILES string of the molecule is Cc1cccc(N2CCN(C(=O)c3cnc(N4CCCC4)nc3)CC2)c1C. The van der Waals surface area contributed by atoms with E-state index in [1.54, 1.807) is 12.4 Å². The first kappa shape index (κ1) is 17.8. The highest BCUT2D eigenvalue weighted by Gasteiger charge is 2.24. The molecule has 0 aliphatic carbocycles. The summed E-state index contributed by atoms with van der Waals surface area (Å²) in [5, 5.41) is 0. The number of piperazine rings is 1. The van der Waals surface area contributed by atoms with Gasteiger partial charge in [0.05, 0.1) is 5.56 Å². The Balaban J connectivity index is 1.39. The zero-order chi connectivity index (χ0) is 18.8. The number of benzene rings is 1. The van der Waals surface area contributed by atoms with Gasteiger partial charge < -0.3 is 14.7 Å². The molecule has 27 heavy (non-hydrogen) atoms. The molecule has 6 heteroatoms. The van der Waals surface area contributed by atoms with Crippen molar-refractivity contribution in [3.8, 4) is 0 Å². The molecule has 6 nitrogen and oxygen atoms in total. The number of carbonyl (C=O) groups is 1. The average Bonchev–Trinajstić information content (AvgIpc) is 3.25. The predicted octanol–water partition coefficient (Wildman–Crippen LogP) is 2.66. The fourth-order valence-corrected chi connectivity index (χ4v) is 3.92. The van der Waals surface area contributed by atoms with Crippen LogP contribution < -0.4 is 9.80 Å². The van der Waals surface area contributed by atoms with Crippen LogP contribution in [-0.2, 0) is 0 Å². The molecule has 2 fully saturated rings. The number of hydrogen-bond acceptors (Lipinski definition) is 5. The number of aryl methyl sites for hydroxylation is 1. The number of anilines is 2. The lowest BCUT2D eigenvalue weighted by Gasteiger charge is -2.37. The molecule has 0 N–H and O–H groups in total. The summed E-state index contributed by atoms with van der Waals surface area (Å²) < 4.78 is 0. The van der Waals surface area contributed by atoms with E-state index in [9.17, 15) is 4.79 Å². The number of nitrogens with zero attached hydrogens (tertiary/aromatic N) is 5. The largest absolute Gasteiger partial charge is 0.368 e. The van der Waals surface area contributed by atoms with Crippen LogP contribution in [0.4, 0.5) is 11.6 Å². The van der Waals surface area contributed by atoms with Crippen molar-refractivity contribution in [2.45, 2.75) is 26.7 Å². The summed E-state index contributed by atoms with van der Waals surface area (Å²) in [6, 6.07) is 6.42. The van der Waals surface area contributed by atoms with Crippen LogP contribution in [0.5, 0.6) is 0 Å². The Hall–Kier alpha value is -2.63. The monoisotopic (exact) mass is 365 g/mol. The molecular formula is C21H27N5O. The molecule has 0 spiro atoms. The van der Waals surface area contributed by atoms with E-state index >= 15 is 0 Å². The summed E-state index contributed by atoms with van der Waals surface area (Å²) in [4.78, 5) is 28.1. The van der Waals surface area contributed by atoms with Crippen molar-refractivity contribution in [3.63, 3.8) is 0 Å². The van der Waals surface area contributed by atoms with Crippen LogP contribution in [0, 0.1) is 13.8 Å². The van der Waals surface area contributed by atoms with Crippen molar-refractivity contribution < 1.29 is 4.79 Å². The van der Waals surface area contributed by atoms with Gasteiger partial charge in [-0.25, -0.2) is 9.97 Å². The molecule has 142 valence electrons. The van der Waals surface area contributed by atoms with Crippen LogP contribution >= 0.6 is 0 Å². The zero-order valence-electron chi connectivity index (χ0n) is 16.2. The van der Waals surface area contributed by atoms with Crippen LogP contribution in [0.2, 0.25) is 0 Å². The molecule has 2 saturated heterocycles. The van der Waals surface area contributed by atoms with E-state index in [4.69, 9.17) is 0 Å². The molecule has 2 aliphatic heterocycles. The zero-order valence-corrected chi connectivity index (χ0v) is 16.2. The highest BCUT2D eigenvalue weighted by Crippen LogP contribution is 2.24. The van der Waals surface area contributed by atoms with Gasteiger partial charge in [-0.3, -0.25) is 4.79 Å². The van der Waals surface area contributed by atoms with Gasteiger partial charge in [0.25, 0.3) is 5.91 Å². The fraction of sp³-hybridized carbons (Fsp3) is 0.476. The minimum absolute atomic E-state index is 0.0311. The molecule has 0 saturated carbocycles. The first-order valence-corrected chi connectivity index (χ1v) is 9.81. The molecule has 2 aliphatic rings. The van der Waals surface area contributed by atoms with Gasteiger partial charge in [0.15, 0.2) is 0 Å². The van der Waals surface area contributed by atoms with E-state index in [2.05, 4.69) is 51.8 Å². The Kier molecular flexibility index (Phi) is 4.97. The second kappa shape index (κ2) is 7.55. The van der Waals surface area contributed by atoms with Crippen molar-refractivity contribution in [2.75, 3.05) is 49.1 Å². The molecule has 4 rings (SSSR count). The Morgan fingerprint density at radius 1 is 0.889 bits per heavy atom. The minimum Gasteiger partial charge on any atom is -0.368 e. The number of carbonyl (C=O) groups excluding carboxylic acids is 1. The Morgan fingerprint density at radius 2 is 1.56 bits per heavy atom. The van der Waals surface area contributed by atoms with Crippen molar-refractivity contribution in [1.29, 1.82) is 0 Å². The van der Waals surface area contributed by atoms with Gasteiger partial charge >= 0.3 is 0 Å². The molecule has 0 bridgehead atoms. The Morgan fingerprint density at radius 3 is 2.22 bits per heavy atom. The molecule has 3 heterocycles. The molecule has 0 unspecified atom stereocenters. The first-order valence-electron chi connectivity index (χ1n) is 9.81. The summed E-state index contributed by atoms with van der Waals surface area (Å²) in [7, 11) is 0. The Labute approximate surface area is 160 Å². The smallest absolute Gasteiger partial charge is 0.257 e. The maximum atomic E-state index is 12.8. The van der Waals surface area contributed by atoms with Gasteiger partial charge in [-0.1, -0.05) is 12.1 Å². The van der Waals surface area contributed by atoms with Gasteiger partial charge in [0.1, 0.15) is 0 Å². The lowest BCUT2D eigenvalue weighted by molar-refractivity contribution is 0.0746. The highest BCUT2D eigenvalue weighted by atomic mass is 16.2. The number of rotatable bonds is 3. The highest BCUT2D eigenvalue weighted by molar-refractivity contribution is 5.93. The minimum atomic E-state index is 0.0311. The first-order chi connectivity index (χ1) is 13.1. The lowest BCUT2D eigenvalue weighted by atomic mass is 10.1. The number of hydrogen-bond donors (Lipinski definition) is 0. The third-order valence-corrected chi connectivity index (χ3v) is 5.76. The number of aromatic nitrogens is 2. The molecule has 0 atom stereocenters. The number of amides is 1. The van der Waals surface area contributed by atoms with Crippen molar-refractivity contribution >= 4 is 17.5 Å². The molecule has 0 radical (unpaired) electrons. The molecule has 1 aromatic heterocycles. The van der Waals surface area contributed by atoms with Crippen LogP contribution in [-0.4, -0.2) is 60.0 Å². The van der Waals surface area contributed by atoms with E-state index in [1.165, 1.54) is 29.7 Å². The van der Waals surface area contributed by atoms with Crippen LogP contribution in [0.3, 0.4) is 0 Å². The predicted molar refractivity (Wildman–Crippen MR) is 108 cm³/mol. The van der Waals surface area contributed by atoms with Crippen LogP contribution in [0.1, 0.15) is 34.3 Å². The maximum Gasteiger partial charge on any atom is 0.257 e. The lowest BCUT2D eigenvalue weighted by Crippen LogP contribution is -2.49. The van der Waals surface area contributed by atoms with Crippen LogP contribution in [0.25, 0.3) is 0 Å². The third-order valence-electron chi connectivity index (χ3n) is 5.76. The summed E-state index contributed by atoms with van der Waals surface area (Å²) in [6.45, 7) is 9.47. The van der Waals surface area contributed by atoms with E-state index in [0.29, 0.717) is 5.56 Å². The summed E-state index contributed by atoms with van der Waals surface area (Å²) >= 11 is 0. The van der Waals surface area contributed by atoms with Crippen molar-refractivity contribution in [1.82, 2.24) is 14.9 Å². The normalized spacial score (nSPS) is 17.5. The summed E-state index contributed by atoms with van der Waals surface area (Å²) in [5.74, 6) is 0.771. The van der Waals surface area contributed by atoms with E-state index < -0.39 is 0 Å². The van der Waals surface area contributed by atoms with Gasteiger partial charge in [0.2, 0.25) is 5.95 Å². The molecular weight excluding hydrogens is 338 g/mol. The summed E-state index contributed by atoms with van der Waals surface area (Å²) in [6.07, 6.45) is 5.74. The van der Waals surface area contributed by atoms with Gasteiger partial charge in [-0.15, -0.1) is 0 Å². The second-order valence-electron chi connectivity index (χ2n) is 7.46. The maximum absolute atomic E-state index is 12.8. The van der Waals surface area contributed by atoms with Crippen molar-refractivity contribution in [3.05, 3.63) is 47.3 Å². The third kappa shape index (κ3) is 3.61. The topological polar surface area (TPSA) is 52.6 Å². The van der Waals surface area contributed by atoms with Crippen molar-refractivity contribution in [2.24, 2.45) is 0 Å². The molecule has 1 amide bonds. The molecule has 1 aromatic carbocycles. The summed E-state index contributed by atoms with van der Waals surface area (Å²) in [5.41, 5.74) is 4.49. The second-order valence-corrected chi connectivity index (χ2v) is 7.46. The fourth-order valence-electron chi connectivity index (χ4n) is 3.92. The quantitative estimate of drug-likeness (QED) is 0.837. The average molecular weight is 365 g/mol. The van der Waals surface area contributed by atoms with Gasteiger partial charge in [0, 0.05) is 57.3 Å². The standard InChI is InChI=1S/C21H27N5O/c1-16-6-5-7-19(17(16)2)24-10-12-25(13-11-24)20(27)18-14-22-21(23-15-18)26-8-3-4-9-26/h5-7,14-15H,3-4,8-13H2,1-2H3. The van der Waals surface area contributed by atoms with Gasteiger partial charge in [-0.05, 0) is 43.9 Å². The van der Waals surface area contributed by atoms with Gasteiger partial charge in [-0.2, -0.15) is 0 Å².